The van der Waals surface area contributed by atoms with Gasteiger partial charge < -0.3 is 4.98 Å². The largest absolute Gasteiger partial charge is 0.337 e. The van der Waals surface area contributed by atoms with E-state index in [1.54, 1.807) is 4.57 Å². The van der Waals surface area contributed by atoms with Gasteiger partial charge >= 0.3 is 6.08 Å². The number of nitrogens with one attached hydrogen (secondary N) is 1. The van der Waals surface area contributed by atoms with Gasteiger partial charge in [-0.15, -0.1) is 4.98 Å². The summed E-state index contributed by atoms with van der Waals surface area (Å²) in [4.78, 5) is 28.3. The number of imidazole rings is 1. The number of para-hydroxylation sites is 1. The van der Waals surface area contributed by atoms with Gasteiger partial charge in [0, 0.05) is 5.69 Å². The molecule has 0 saturated heterocycles. The predicted molar refractivity (Wildman–Crippen MR) is 116 cm³/mol. The maximum atomic E-state index is 13.9. The van der Waals surface area contributed by atoms with Crippen LogP contribution < -0.4 is 10.9 Å². The molecule has 3 heterocycles. The molecule has 7 nitrogen and oxygen atoms in total. The fraction of sp³-hybridized carbons (Fsp3) is 0.130. The van der Waals surface area contributed by atoms with E-state index < -0.39 is 6.08 Å². The average molecular weight is 415 g/mol. The first-order valence-corrected chi connectivity index (χ1v) is 9.95. The molecule has 3 aromatic heterocycles. The number of hydrogen-bond donors (Lipinski definition) is 2. The lowest BCUT2D eigenvalue weighted by Crippen LogP contribution is -2.79. The van der Waals surface area contributed by atoms with Crippen LogP contribution in [0, 0.1) is 13.0 Å². The Morgan fingerprint density at radius 2 is 1.90 bits per heavy atom. The lowest BCUT2D eigenvalue weighted by Gasteiger charge is -2.19. The van der Waals surface area contributed by atoms with Crippen molar-refractivity contribution in [3.63, 3.8) is 0 Å². The summed E-state index contributed by atoms with van der Waals surface area (Å²) in [5.41, 5.74) is 3.21. The van der Waals surface area contributed by atoms with Gasteiger partial charge in [-0.1, -0.05) is 36.4 Å². The van der Waals surface area contributed by atoms with Crippen molar-refractivity contribution in [3.8, 4) is 5.69 Å². The highest BCUT2D eigenvalue weighted by Crippen LogP contribution is 2.22. The second-order valence-electron chi connectivity index (χ2n) is 7.52. The molecule has 0 bridgehead atoms. The van der Waals surface area contributed by atoms with E-state index in [2.05, 4.69) is 19.9 Å². The topological polar surface area (TPSA) is 93.1 Å². The van der Waals surface area contributed by atoms with Crippen molar-refractivity contribution in [3.05, 3.63) is 88.6 Å². The number of benzene rings is 2. The summed E-state index contributed by atoms with van der Waals surface area (Å²) in [6.07, 6.45) is 0.618. The number of aromatic amines is 1. The molecule has 0 amide bonds. The van der Waals surface area contributed by atoms with Gasteiger partial charge in [-0.3, -0.25) is 14.7 Å². The van der Waals surface area contributed by atoms with Gasteiger partial charge in [0.1, 0.15) is 6.04 Å². The van der Waals surface area contributed by atoms with E-state index >= 15 is 0 Å². The van der Waals surface area contributed by atoms with Crippen molar-refractivity contribution in [2.45, 2.75) is 19.9 Å². The normalized spacial score (nSPS) is 12.5. The first kappa shape index (κ1) is 19.1. The molecule has 0 spiro atoms. The Hall–Kier alpha value is -3.91. The highest BCUT2D eigenvalue weighted by atomic mass is 19.1. The van der Waals surface area contributed by atoms with Gasteiger partial charge in [-0.25, -0.2) is 4.98 Å². The lowest BCUT2D eigenvalue weighted by molar-refractivity contribution is -0.617. The minimum Gasteiger partial charge on any atom is -0.337 e. The summed E-state index contributed by atoms with van der Waals surface area (Å²) < 4.78 is 15.7. The molecule has 154 valence electrons. The van der Waals surface area contributed by atoms with Gasteiger partial charge in [0.05, 0.1) is 17.4 Å². The number of hydrogen-bond acceptors (Lipinski definition) is 4. The molecule has 8 heteroatoms. The van der Waals surface area contributed by atoms with Crippen LogP contribution in [0.5, 0.6) is 0 Å². The first-order chi connectivity index (χ1) is 15.0. The minimum absolute atomic E-state index is 0.0856. The van der Waals surface area contributed by atoms with Gasteiger partial charge in [0.15, 0.2) is 11.2 Å². The maximum Gasteiger partial charge on any atom is 0.315 e. The Labute approximate surface area is 176 Å². The summed E-state index contributed by atoms with van der Waals surface area (Å²) in [7, 11) is 0. The number of aromatic nitrogens is 5. The molecule has 1 unspecified atom stereocenters. The van der Waals surface area contributed by atoms with Crippen LogP contribution in [0.25, 0.3) is 27.6 Å². The summed E-state index contributed by atoms with van der Waals surface area (Å²) in [5, 5.41) is 3.38. The summed E-state index contributed by atoms with van der Waals surface area (Å²) in [6, 6.07) is 17.1. The second kappa shape index (κ2) is 7.41. The Balaban J connectivity index is 1.71. The molecule has 0 saturated carbocycles. The van der Waals surface area contributed by atoms with Gasteiger partial charge in [-0.2, -0.15) is 9.37 Å². The monoisotopic (exact) mass is 415 g/mol. The SMILES string of the molecule is Cc1cccc2cc(C(C)[NH2+]c3nc(F)nc4nc[nH]c34)n(-c3ccccc3)c(=O)c12. The van der Waals surface area contributed by atoms with Crippen molar-refractivity contribution < 1.29 is 9.71 Å². The number of fused-ring (bicyclic) bond motifs is 2. The number of rotatable bonds is 4. The zero-order valence-corrected chi connectivity index (χ0v) is 17.0. The fourth-order valence-corrected chi connectivity index (χ4v) is 4.01. The Kier molecular flexibility index (Phi) is 4.56. The van der Waals surface area contributed by atoms with Crippen LogP contribution in [0.4, 0.5) is 10.2 Å². The lowest BCUT2D eigenvalue weighted by atomic mass is 10.0. The maximum absolute atomic E-state index is 13.9. The molecule has 0 aliphatic heterocycles. The number of quaternary nitrogens is 1. The molecule has 3 N–H and O–H groups in total. The average Bonchev–Trinajstić information content (AvgIpc) is 3.22. The van der Waals surface area contributed by atoms with Crippen LogP contribution >= 0.6 is 0 Å². The van der Waals surface area contributed by atoms with Crippen LogP contribution in [0.3, 0.4) is 0 Å². The molecular formula is C23H20FN6O+. The van der Waals surface area contributed by atoms with Gasteiger partial charge in [0.25, 0.3) is 11.4 Å². The third kappa shape index (κ3) is 3.27. The molecule has 0 fully saturated rings. The van der Waals surface area contributed by atoms with Crippen LogP contribution in [-0.4, -0.2) is 24.5 Å². The Morgan fingerprint density at radius 3 is 2.71 bits per heavy atom. The third-order valence-corrected chi connectivity index (χ3v) is 5.46. The molecule has 2 aromatic carbocycles. The van der Waals surface area contributed by atoms with Gasteiger partial charge in [0.2, 0.25) is 0 Å². The molecule has 0 aliphatic rings. The van der Waals surface area contributed by atoms with Crippen LogP contribution in [0.15, 0.2) is 65.7 Å². The van der Waals surface area contributed by atoms with Crippen molar-refractivity contribution >= 4 is 27.8 Å². The second-order valence-corrected chi connectivity index (χ2v) is 7.52. The standard InChI is InChI=1S/C23H19FN6O/c1-13-7-6-8-15-11-17(30(22(31)18(13)15)16-9-4-3-5-10-16)14(2)27-21-19-20(26-12-25-19)28-23(24)29-21/h3-12,14H,1-2H3,(H2,25,26,27,28,29)/p+1. The highest BCUT2D eigenvalue weighted by Gasteiger charge is 2.22. The Morgan fingerprint density at radius 1 is 1.10 bits per heavy atom. The summed E-state index contributed by atoms with van der Waals surface area (Å²) in [6.45, 7) is 3.89. The summed E-state index contributed by atoms with van der Waals surface area (Å²) in [5.74, 6) is 0.406. The molecular weight excluding hydrogens is 395 g/mol. The number of nitrogens with two attached hydrogens (primary N) is 1. The zero-order valence-electron chi connectivity index (χ0n) is 17.0. The molecule has 5 aromatic rings. The zero-order chi connectivity index (χ0) is 21.5. The number of aryl methyl sites for hydroxylation is 1. The van der Waals surface area contributed by atoms with E-state index in [9.17, 15) is 9.18 Å². The van der Waals surface area contributed by atoms with E-state index in [1.807, 2.05) is 73.8 Å². The first-order valence-electron chi connectivity index (χ1n) is 9.95. The summed E-state index contributed by atoms with van der Waals surface area (Å²) >= 11 is 0. The molecule has 0 aliphatic carbocycles. The van der Waals surface area contributed by atoms with Crippen molar-refractivity contribution in [2.75, 3.05) is 0 Å². The Bertz CT molecular complexity index is 1470. The van der Waals surface area contributed by atoms with Crippen molar-refractivity contribution in [1.29, 1.82) is 0 Å². The predicted octanol–water partition coefficient (Wildman–Crippen LogP) is 3.06. The van der Waals surface area contributed by atoms with Crippen molar-refractivity contribution in [1.82, 2.24) is 24.5 Å². The van der Waals surface area contributed by atoms with E-state index in [0.29, 0.717) is 16.7 Å². The number of pyridine rings is 1. The minimum atomic E-state index is -0.840. The van der Waals surface area contributed by atoms with E-state index in [1.165, 1.54) is 6.33 Å². The third-order valence-electron chi connectivity index (χ3n) is 5.46. The number of halogens is 1. The van der Waals surface area contributed by atoms with E-state index in [-0.39, 0.29) is 17.2 Å². The van der Waals surface area contributed by atoms with Crippen LogP contribution in [0.2, 0.25) is 0 Å². The van der Waals surface area contributed by atoms with Crippen LogP contribution in [0.1, 0.15) is 24.2 Å². The molecule has 0 radical (unpaired) electrons. The smallest absolute Gasteiger partial charge is 0.315 e. The number of H-pyrrole nitrogens is 1. The highest BCUT2D eigenvalue weighted by molar-refractivity contribution is 5.85. The van der Waals surface area contributed by atoms with E-state index in [4.69, 9.17) is 0 Å². The molecule has 31 heavy (non-hydrogen) atoms. The quantitative estimate of drug-likeness (QED) is 0.441. The van der Waals surface area contributed by atoms with Gasteiger partial charge in [-0.05, 0) is 43.0 Å². The van der Waals surface area contributed by atoms with Crippen LogP contribution in [-0.2, 0) is 0 Å². The van der Waals surface area contributed by atoms with Crippen molar-refractivity contribution in [2.24, 2.45) is 0 Å². The number of nitrogens with zero attached hydrogens (tertiary/aromatic N) is 4. The molecule has 1 atom stereocenters. The fourth-order valence-electron chi connectivity index (χ4n) is 4.01. The molecule has 5 rings (SSSR count). The van der Waals surface area contributed by atoms with E-state index in [0.717, 1.165) is 22.3 Å².